The quantitative estimate of drug-likeness (QED) is 0.624. The van der Waals surface area contributed by atoms with Crippen molar-refractivity contribution in [2.75, 3.05) is 18.4 Å². The molecule has 0 aliphatic rings. The Hall–Kier alpha value is -2.71. The first-order valence-corrected chi connectivity index (χ1v) is 8.76. The molecule has 2 heterocycles. The van der Waals surface area contributed by atoms with Gasteiger partial charge in [-0.05, 0) is 43.3 Å². The fraction of sp³-hybridized carbons (Fsp3) is 0.278. The lowest BCUT2D eigenvalue weighted by molar-refractivity contribution is -0.117. The van der Waals surface area contributed by atoms with Crippen LogP contribution in [0.25, 0.3) is 11.7 Å². The Bertz CT molecular complexity index is 898. The van der Waals surface area contributed by atoms with Crippen LogP contribution in [-0.2, 0) is 11.3 Å². The van der Waals surface area contributed by atoms with Gasteiger partial charge < -0.3 is 14.2 Å². The van der Waals surface area contributed by atoms with Crippen molar-refractivity contribution in [2.45, 2.75) is 19.9 Å². The number of carbonyl (C=O) groups excluding carboxylic acids is 1. The lowest BCUT2D eigenvalue weighted by atomic mass is 10.3. The maximum atomic E-state index is 13.8. The SMILES string of the molecule is CCCN(CC(=O)Nc1cc(Cl)ccc1F)Cc1nnc(-c2ccco2)o1. The van der Waals surface area contributed by atoms with E-state index in [1.54, 1.807) is 12.1 Å². The van der Waals surface area contributed by atoms with E-state index in [1.807, 2.05) is 11.8 Å². The minimum Gasteiger partial charge on any atom is -0.459 e. The van der Waals surface area contributed by atoms with Crippen molar-refractivity contribution in [1.29, 1.82) is 0 Å². The predicted octanol–water partition coefficient (Wildman–Crippen LogP) is 3.97. The summed E-state index contributed by atoms with van der Waals surface area (Å²) in [5.74, 6) is 0.198. The first-order valence-electron chi connectivity index (χ1n) is 8.38. The van der Waals surface area contributed by atoms with Gasteiger partial charge in [-0.2, -0.15) is 0 Å². The van der Waals surface area contributed by atoms with Crippen LogP contribution in [0.2, 0.25) is 5.02 Å². The highest BCUT2D eigenvalue weighted by Gasteiger charge is 2.17. The normalized spacial score (nSPS) is 11.1. The lowest BCUT2D eigenvalue weighted by Gasteiger charge is -2.19. The van der Waals surface area contributed by atoms with Crippen molar-refractivity contribution in [3.63, 3.8) is 0 Å². The molecule has 2 aromatic heterocycles. The molecular weight excluding hydrogens is 375 g/mol. The maximum absolute atomic E-state index is 13.8. The van der Waals surface area contributed by atoms with E-state index in [-0.39, 0.29) is 30.6 Å². The summed E-state index contributed by atoms with van der Waals surface area (Å²) in [5, 5.41) is 10.8. The molecular formula is C18H18ClFN4O3. The summed E-state index contributed by atoms with van der Waals surface area (Å²) < 4.78 is 24.6. The molecule has 0 saturated heterocycles. The lowest BCUT2D eigenvalue weighted by Crippen LogP contribution is -2.33. The highest BCUT2D eigenvalue weighted by Crippen LogP contribution is 2.20. The van der Waals surface area contributed by atoms with Crippen LogP contribution in [0.15, 0.2) is 45.4 Å². The van der Waals surface area contributed by atoms with Crippen LogP contribution >= 0.6 is 11.6 Å². The molecule has 142 valence electrons. The van der Waals surface area contributed by atoms with Crippen molar-refractivity contribution >= 4 is 23.2 Å². The number of benzene rings is 1. The first-order chi connectivity index (χ1) is 13.0. The van der Waals surface area contributed by atoms with Gasteiger partial charge in [-0.1, -0.05) is 18.5 Å². The fourth-order valence-corrected chi connectivity index (χ4v) is 2.70. The van der Waals surface area contributed by atoms with Crippen molar-refractivity contribution in [1.82, 2.24) is 15.1 Å². The molecule has 3 aromatic rings. The zero-order valence-electron chi connectivity index (χ0n) is 14.6. The van der Waals surface area contributed by atoms with E-state index in [1.165, 1.54) is 24.5 Å². The van der Waals surface area contributed by atoms with Crippen molar-refractivity contribution in [2.24, 2.45) is 0 Å². The van der Waals surface area contributed by atoms with Crippen LogP contribution in [-0.4, -0.2) is 34.1 Å². The van der Waals surface area contributed by atoms with Crippen LogP contribution in [0.5, 0.6) is 0 Å². The van der Waals surface area contributed by atoms with Crippen LogP contribution in [0.4, 0.5) is 10.1 Å². The number of hydrogen-bond acceptors (Lipinski definition) is 6. The summed E-state index contributed by atoms with van der Waals surface area (Å²) in [4.78, 5) is 14.1. The summed E-state index contributed by atoms with van der Waals surface area (Å²) in [6, 6.07) is 7.43. The second kappa shape index (κ2) is 8.79. The van der Waals surface area contributed by atoms with Crippen molar-refractivity contribution in [3.8, 4) is 11.7 Å². The molecule has 0 atom stereocenters. The van der Waals surface area contributed by atoms with Gasteiger partial charge in [0.25, 0.3) is 5.89 Å². The molecule has 7 nitrogen and oxygen atoms in total. The number of hydrogen-bond donors (Lipinski definition) is 1. The monoisotopic (exact) mass is 392 g/mol. The van der Waals surface area contributed by atoms with Gasteiger partial charge in [-0.3, -0.25) is 9.69 Å². The third-order valence-electron chi connectivity index (χ3n) is 3.67. The van der Waals surface area contributed by atoms with Crippen LogP contribution in [0, 0.1) is 5.82 Å². The van der Waals surface area contributed by atoms with Gasteiger partial charge in [-0.15, -0.1) is 10.2 Å². The highest BCUT2D eigenvalue weighted by molar-refractivity contribution is 6.30. The van der Waals surface area contributed by atoms with E-state index < -0.39 is 5.82 Å². The van der Waals surface area contributed by atoms with E-state index in [4.69, 9.17) is 20.4 Å². The Kier molecular flexibility index (Phi) is 6.20. The van der Waals surface area contributed by atoms with Gasteiger partial charge in [0.2, 0.25) is 11.8 Å². The second-order valence-corrected chi connectivity index (χ2v) is 6.30. The number of amides is 1. The second-order valence-electron chi connectivity index (χ2n) is 5.86. The molecule has 0 aliphatic heterocycles. The molecule has 0 radical (unpaired) electrons. The fourth-order valence-electron chi connectivity index (χ4n) is 2.52. The molecule has 27 heavy (non-hydrogen) atoms. The van der Waals surface area contributed by atoms with Gasteiger partial charge in [-0.25, -0.2) is 4.39 Å². The Balaban J connectivity index is 1.63. The van der Waals surface area contributed by atoms with Crippen molar-refractivity contribution < 1.29 is 18.0 Å². The van der Waals surface area contributed by atoms with E-state index in [2.05, 4.69) is 15.5 Å². The zero-order chi connectivity index (χ0) is 19.2. The average molecular weight is 393 g/mol. The topological polar surface area (TPSA) is 84.4 Å². The predicted molar refractivity (Wildman–Crippen MR) is 97.6 cm³/mol. The van der Waals surface area contributed by atoms with E-state index in [0.29, 0.717) is 23.2 Å². The number of carbonyl (C=O) groups is 1. The number of rotatable bonds is 8. The van der Waals surface area contributed by atoms with E-state index in [9.17, 15) is 9.18 Å². The smallest absolute Gasteiger partial charge is 0.283 e. The largest absolute Gasteiger partial charge is 0.459 e. The molecule has 0 saturated carbocycles. The van der Waals surface area contributed by atoms with E-state index in [0.717, 1.165) is 6.42 Å². The van der Waals surface area contributed by atoms with Gasteiger partial charge in [0.1, 0.15) is 5.82 Å². The van der Waals surface area contributed by atoms with Crippen molar-refractivity contribution in [3.05, 3.63) is 53.3 Å². The first kappa shape index (κ1) is 19.1. The molecule has 0 bridgehead atoms. The number of nitrogens with zero attached hydrogens (tertiary/aromatic N) is 3. The Morgan fingerprint density at radius 3 is 2.93 bits per heavy atom. The molecule has 1 N–H and O–H groups in total. The minimum absolute atomic E-state index is 0.0399. The molecule has 3 rings (SSSR count). The Morgan fingerprint density at radius 2 is 2.19 bits per heavy atom. The molecule has 9 heteroatoms. The summed E-state index contributed by atoms with van der Waals surface area (Å²) in [6.07, 6.45) is 2.33. The third kappa shape index (κ3) is 5.15. The number of halogens is 2. The number of nitrogens with one attached hydrogen (secondary N) is 1. The zero-order valence-corrected chi connectivity index (χ0v) is 15.4. The molecule has 1 amide bonds. The van der Waals surface area contributed by atoms with Crippen LogP contribution in [0.1, 0.15) is 19.2 Å². The van der Waals surface area contributed by atoms with Gasteiger partial charge >= 0.3 is 0 Å². The third-order valence-corrected chi connectivity index (χ3v) is 3.90. The maximum Gasteiger partial charge on any atom is 0.283 e. The molecule has 0 unspecified atom stereocenters. The summed E-state index contributed by atoms with van der Waals surface area (Å²) in [7, 11) is 0. The number of anilines is 1. The molecule has 0 aliphatic carbocycles. The van der Waals surface area contributed by atoms with Gasteiger partial charge in [0.15, 0.2) is 5.76 Å². The standard InChI is InChI=1S/C18H18ClFN4O3/c1-2-7-24(10-16(25)21-14-9-12(19)5-6-13(14)20)11-17-22-23-18(27-17)15-4-3-8-26-15/h3-6,8-9H,2,7,10-11H2,1H3,(H,21,25). The summed E-state index contributed by atoms with van der Waals surface area (Å²) in [5.41, 5.74) is 0.0434. The summed E-state index contributed by atoms with van der Waals surface area (Å²) >= 11 is 5.84. The Labute approximate surface area is 160 Å². The minimum atomic E-state index is -0.546. The average Bonchev–Trinajstić information content (AvgIpc) is 3.29. The molecule has 0 fully saturated rings. The number of furan rings is 1. The van der Waals surface area contributed by atoms with Crippen LogP contribution in [0.3, 0.4) is 0 Å². The number of aromatic nitrogens is 2. The van der Waals surface area contributed by atoms with Gasteiger partial charge in [0.05, 0.1) is 25.0 Å². The molecule has 0 spiro atoms. The Morgan fingerprint density at radius 1 is 1.33 bits per heavy atom. The van der Waals surface area contributed by atoms with Crippen LogP contribution < -0.4 is 5.32 Å². The molecule has 1 aromatic carbocycles. The highest BCUT2D eigenvalue weighted by atomic mass is 35.5. The van der Waals surface area contributed by atoms with E-state index >= 15 is 0 Å². The summed E-state index contributed by atoms with van der Waals surface area (Å²) in [6.45, 7) is 2.94. The van der Waals surface area contributed by atoms with Gasteiger partial charge in [0, 0.05) is 5.02 Å².